The van der Waals surface area contributed by atoms with Crippen molar-refractivity contribution in [2.24, 2.45) is 0 Å². The highest BCUT2D eigenvalue weighted by atomic mass is 16.5. The summed E-state index contributed by atoms with van der Waals surface area (Å²) in [5, 5.41) is 10.3. The Labute approximate surface area is 107 Å². The van der Waals surface area contributed by atoms with Crippen LogP contribution in [0.2, 0.25) is 0 Å². The van der Waals surface area contributed by atoms with Gasteiger partial charge in [-0.25, -0.2) is 0 Å². The fourth-order valence-corrected chi connectivity index (χ4v) is 1.76. The molecule has 0 fully saturated rings. The number of aromatic nitrogens is 1. The predicted octanol–water partition coefficient (Wildman–Crippen LogP) is 2.95. The smallest absolute Gasteiger partial charge is 0.120 e. The molecule has 0 aliphatic carbocycles. The number of hydrogen-bond donors (Lipinski definition) is 1. The lowest BCUT2D eigenvalue weighted by Crippen LogP contribution is -2.06. The van der Waals surface area contributed by atoms with Crippen LogP contribution in [0.1, 0.15) is 31.1 Å². The summed E-state index contributed by atoms with van der Waals surface area (Å²) in [6.07, 6.45) is 2.81. The number of ether oxygens (including phenoxy) is 1. The number of aliphatic hydroxyl groups excluding tert-OH is 1. The minimum Gasteiger partial charge on any atom is -0.491 e. The van der Waals surface area contributed by atoms with Crippen LogP contribution in [0.5, 0.6) is 5.75 Å². The van der Waals surface area contributed by atoms with Crippen molar-refractivity contribution in [2.75, 3.05) is 0 Å². The first-order valence-corrected chi connectivity index (χ1v) is 6.01. The van der Waals surface area contributed by atoms with Crippen LogP contribution >= 0.6 is 0 Å². The number of nitrogens with zero attached hydrogens (tertiary/aromatic N) is 1. The first kappa shape index (κ1) is 12.6. The Morgan fingerprint density at radius 3 is 2.56 bits per heavy atom. The van der Waals surface area contributed by atoms with Gasteiger partial charge in [-0.1, -0.05) is 18.2 Å². The molecule has 0 saturated heterocycles. The molecule has 94 valence electrons. The summed E-state index contributed by atoms with van der Waals surface area (Å²) in [5.74, 6) is 0.769. The molecular formula is C15H17NO2. The molecule has 3 nitrogen and oxygen atoms in total. The van der Waals surface area contributed by atoms with Gasteiger partial charge in [-0.2, -0.15) is 0 Å². The normalized spacial score (nSPS) is 12.4. The maximum atomic E-state index is 10.3. The van der Waals surface area contributed by atoms with Crippen molar-refractivity contribution in [1.29, 1.82) is 0 Å². The van der Waals surface area contributed by atoms with E-state index in [0.29, 0.717) is 0 Å². The average Bonchev–Trinajstić information content (AvgIpc) is 2.38. The third-order valence-corrected chi connectivity index (χ3v) is 2.55. The lowest BCUT2D eigenvalue weighted by molar-refractivity contribution is 0.216. The van der Waals surface area contributed by atoms with Gasteiger partial charge in [0.1, 0.15) is 11.9 Å². The van der Waals surface area contributed by atoms with Crippen LogP contribution in [0.25, 0.3) is 0 Å². The van der Waals surface area contributed by atoms with Crippen molar-refractivity contribution in [3.8, 4) is 5.75 Å². The second kappa shape index (κ2) is 5.65. The Morgan fingerprint density at radius 1 is 1.11 bits per heavy atom. The fraction of sp³-hybridized carbons (Fsp3) is 0.267. The van der Waals surface area contributed by atoms with Crippen LogP contribution in [0.3, 0.4) is 0 Å². The van der Waals surface area contributed by atoms with E-state index in [9.17, 15) is 5.11 Å². The van der Waals surface area contributed by atoms with Crippen LogP contribution < -0.4 is 4.74 Å². The molecule has 0 spiro atoms. The summed E-state index contributed by atoms with van der Waals surface area (Å²) in [7, 11) is 0. The average molecular weight is 243 g/mol. The number of benzene rings is 1. The second-order valence-corrected chi connectivity index (χ2v) is 4.43. The lowest BCUT2D eigenvalue weighted by Gasteiger charge is -2.14. The van der Waals surface area contributed by atoms with E-state index in [1.54, 1.807) is 12.4 Å². The monoisotopic (exact) mass is 243 g/mol. The van der Waals surface area contributed by atoms with Crippen molar-refractivity contribution < 1.29 is 9.84 Å². The summed E-state index contributed by atoms with van der Waals surface area (Å²) >= 11 is 0. The molecule has 0 bridgehead atoms. The minimum absolute atomic E-state index is 0.121. The molecule has 1 N–H and O–H groups in total. The maximum Gasteiger partial charge on any atom is 0.120 e. The topological polar surface area (TPSA) is 42.4 Å². The molecule has 0 aliphatic rings. The molecule has 1 heterocycles. The first-order valence-electron chi connectivity index (χ1n) is 6.01. The van der Waals surface area contributed by atoms with Crippen LogP contribution in [-0.2, 0) is 0 Å². The Morgan fingerprint density at radius 2 is 1.89 bits per heavy atom. The molecule has 18 heavy (non-hydrogen) atoms. The van der Waals surface area contributed by atoms with Crippen LogP contribution in [0.4, 0.5) is 0 Å². The molecule has 0 radical (unpaired) electrons. The molecule has 0 amide bonds. The van der Waals surface area contributed by atoms with E-state index in [4.69, 9.17) is 4.74 Å². The summed E-state index contributed by atoms with van der Waals surface area (Å²) in [4.78, 5) is 4.01. The summed E-state index contributed by atoms with van der Waals surface area (Å²) in [6, 6.07) is 11.2. The van der Waals surface area contributed by atoms with Crippen molar-refractivity contribution in [3.63, 3.8) is 0 Å². The number of pyridine rings is 1. The first-order chi connectivity index (χ1) is 8.66. The predicted molar refractivity (Wildman–Crippen MR) is 70.5 cm³/mol. The number of hydrogen-bond acceptors (Lipinski definition) is 3. The van der Waals surface area contributed by atoms with Gasteiger partial charge in [0, 0.05) is 18.0 Å². The zero-order valence-corrected chi connectivity index (χ0v) is 10.6. The Hall–Kier alpha value is -1.87. The third kappa shape index (κ3) is 3.08. The Balaban J connectivity index is 2.23. The fourth-order valence-electron chi connectivity index (χ4n) is 1.76. The van der Waals surface area contributed by atoms with E-state index < -0.39 is 6.10 Å². The van der Waals surface area contributed by atoms with Gasteiger partial charge in [0.25, 0.3) is 0 Å². The highest BCUT2D eigenvalue weighted by molar-refractivity contribution is 5.34. The molecule has 1 aromatic carbocycles. The molecule has 3 heteroatoms. The van der Waals surface area contributed by atoms with Gasteiger partial charge in [-0.05, 0) is 37.6 Å². The van der Waals surface area contributed by atoms with Crippen LogP contribution in [0.15, 0.2) is 48.8 Å². The molecule has 1 aromatic heterocycles. The number of rotatable bonds is 4. The van der Waals surface area contributed by atoms with Crippen LogP contribution in [-0.4, -0.2) is 16.2 Å². The summed E-state index contributed by atoms with van der Waals surface area (Å²) < 4.78 is 5.61. The SMILES string of the molecule is CC(C)Oc1cccc(C(O)c2cccnc2)c1. The van der Waals surface area contributed by atoms with Gasteiger partial charge in [-0.3, -0.25) is 4.98 Å². The molecule has 0 aliphatic heterocycles. The highest BCUT2D eigenvalue weighted by Crippen LogP contribution is 2.24. The number of aliphatic hydroxyl groups is 1. The lowest BCUT2D eigenvalue weighted by atomic mass is 10.0. The molecule has 0 saturated carbocycles. The summed E-state index contributed by atoms with van der Waals surface area (Å²) in [5.41, 5.74) is 1.58. The van der Waals surface area contributed by atoms with E-state index in [-0.39, 0.29) is 6.10 Å². The van der Waals surface area contributed by atoms with E-state index in [1.807, 2.05) is 50.2 Å². The molecular weight excluding hydrogens is 226 g/mol. The van der Waals surface area contributed by atoms with E-state index in [0.717, 1.165) is 16.9 Å². The Bertz CT molecular complexity index is 497. The van der Waals surface area contributed by atoms with Crippen molar-refractivity contribution >= 4 is 0 Å². The molecule has 1 unspecified atom stereocenters. The minimum atomic E-state index is -0.672. The van der Waals surface area contributed by atoms with Crippen molar-refractivity contribution in [3.05, 3.63) is 59.9 Å². The molecule has 2 rings (SSSR count). The quantitative estimate of drug-likeness (QED) is 0.897. The van der Waals surface area contributed by atoms with Gasteiger partial charge in [-0.15, -0.1) is 0 Å². The van der Waals surface area contributed by atoms with Crippen molar-refractivity contribution in [1.82, 2.24) is 4.98 Å². The second-order valence-electron chi connectivity index (χ2n) is 4.43. The van der Waals surface area contributed by atoms with E-state index in [2.05, 4.69) is 4.98 Å². The van der Waals surface area contributed by atoms with Gasteiger partial charge in [0.05, 0.1) is 6.10 Å². The molecule has 2 aromatic rings. The standard InChI is InChI=1S/C15H17NO2/c1-11(2)18-14-7-3-5-12(9-14)15(17)13-6-4-8-16-10-13/h3-11,15,17H,1-2H3. The van der Waals surface area contributed by atoms with E-state index in [1.165, 1.54) is 0 Å². The van der Waals surface area contributed by atoms with Gasteiger partial charge in [0.15, 0.2) is 0 Å². The zero-order chi connectivity index (χ0) is 13.0. The molecule has 1 atom stereocenters. The van der Waals surface area contributed by atoms with E-state index >= 15 is 0 Å². The summed E-state index contributed by atoms with van der Waals surface area (Å²) in [6.45, 7) is 3.95. The zero-order valence-electron chi connectivity index (χ0n) is 10.6. The van der Waals surface area contributed by atoms with Crippen molar-refractivity contribution in [2.45, 2.75) is 26.1 Å². The van der Waals surface area contributed by atoms with Gasteiger partial charge >= 0.3 is 0 Å². The maximum absolute atomic E-state index is 10.3. The van der Waals surface area contributed by atoms with Crippen LogP contribution in [0, 0.1) is 0 Å². The van der Waals surface area contributed by atoms with Gasteiger partial charge < -0.3 is 9.84 Å². The Kier molecular flexibility index (Phi) is 3.95. The highest BCUT2D eigenvalue weighted by Gasteiger charge is 2.11. The largest absolute Gasteiger partial charge is 0.491 e. The third-order valence-electron chi connectivity index (χ3n) is 2.55. The van der Waals surface area contributed by atoms with Gasteiger partial charge in [0.2, 0.25) is 0 Å².